The SMILES string of the molecule is CCNC(=NCc1cccnc1OCC(F)(F)F)N1CCN(Cc2ccon2)CC1. The second kappa shape index (κ2) is 10.3. The monoisotopic (exact) mass is 426 g/mol. The molecule has 1 aliphatic rings. The third kappa shape index (κ3) is 6.61. The Morgan fingerprint density at radius 1 is 1.27 bits per heavy atom. The number of hydrogen-bond acceptors (Lipinski definition) is 6. The number of piperazine rings is 1. The Morgan fingerprint density at radius 2 is 2.07 bits per heavy atom. The molecular formula is C19H25F3N6O2. The predicted octanol–water partition coefficient (Wildman–Crippen LogP) is 2.29. The average Bonchev–Trinajstić information content (AvgIpc) is 3.23. The highest BCUT2D eigenvalue weighted by molar-refractivity contribution is 5.80. The summed E-state index contributed by atoms with van der Waals surface area (Å²) in [7, 11) is 0. The van der Waals surface area contributed by atoms with Gasteiger partial charge in [0.25, 0.3) is 0 Å². The molecule has 0 amide bonds. The second-order valence-electron chi connectivity index (χ2n) is 6.80. The number of nitrogens with zero attached hydrogens (tertiary/aromatic N) is 5. The lowest BCUT2D eigenvalue weighted by molar-refractivity contribution is -0.154. The summed E-state index contributed by atoms with van der Waals surface area (Å²) >= 11 is 0. The van der Waals surface area contributed by atoms with Gasteiger partial charge in [-0.15, -0.1) is 0 Å². The zero-order valence-electron chi connectivity index (χ0n) is 16.7. The first-order chi connectivity index (χ1) is 14.4. The van der Waals surface area contributed by atoms with Crippen LogP contribution < -0.4 is 10.1 Å². The summed E-state index contributed by atoms with van der Waals surface area (Å²) < 4.78 is 47.1. The van der Waals surface area contributed by atoms with E-state index in [2.05, 4.69) is 30.2 Å². The quantitative estimate of drug-likeness (QED) is 0.538. The van der Waals surface area contributed by atoms with Crippen LogP contribution in [0.1, 0.15) is 18.2 Å². The molecule has 1 saturated heterocycles. The van der Waals surface area contributed by atoms with Crippen LogP contribution in [0.25, 0.3) is 0 Å². The molecule has 0 spiro atoms. The fourth-order valence-corrected chi connectivity index (χ4v) is 3.08. The summed E-state index contributed by atoms with van der Waals surface area (Å²) in [6, 6.07) is 5.17. The molecule has 30 heavy (non-hydrogen) atoms. The van der Waals surface area contributed by atoms with E-state index >= 15 is 0 Å². The second-order valence-corrected chi connectivity index (χ2v) is 6.80. The lowest BCUT2D eigenvalue weighted by atomic mass is 10.2. The van der Waals surface area contributed by atoms with Gasteiger partial charge in [-0.05, 0) is 13.0 Å². The highest BCUT2D eigenvalue weighted by atomic mass is 19.4. The summed E-state index contributed by atoms with van der Waals surface area (Å²) in [5.41, 5.74) is 1.40. The van der Waals surface area contributed by atoms with Crippen molar-refractivity contribution in [3.05, 3.63) is 41.9 Å². The molecule has 1 aliphatic heterocycles. The largest absolute Gasteiger partial charge is 0.468 e. The Balaban J connectivity index is 1.60. The lowest BCUT2D eigenvalue weighted by Gasteiger charge is -2.36. The van der Waals surface area contributed by atoms with Crippen molar-refractivity contribution in [1.82, 2.24) is 25.3 Å². The summed E-state index contributed by atoms with van der Waals surface area (Å²) in [6.45, 7) is 5.39. The average molecular weight is 426 g/mol. The molecule has 0 aromatic carbocycles. The Bertz CT molecular complexity index is 805. The third-order valence-electron chi connectivity index (χ3n) is 4.51. The lowest BCUT2D eigenvalue weighted by Crippen LogP contribution is -2.52. The van der Waals surface area contributed by atoms with Crippen LogP contribution >= 0.6 is 0 Å². The summed E-state index contributed by atoms with van der Waals surface area (Å²) in [5, 5.41) is 7.19. The van der Waals surface area contributed by atoms with Gasteiger partial charge in [0, 0.05) is 57.1 Å². The van der Waals surface area contributed by atoms with E-state index in [1.807, 2.05) is 13.0 Å². The molecule has 0 atom stereocenters. The highest BCUT2D eigenvalue weighted by Gasteiger charge is 2.29. The zero-order valence-corrected chi connectivity index (χ0v) is 16.7. The standard InChI is InChI=1S/C19H25F3N6O2/c1-2-23-18(28-9-7-27(8-10-28)13-16-5-11-30-26-16)25-12-15-4-3-6-24-17(15)29-14-19(20,21)22/h3-6,11H,2,7-10,12-14H2,1H3,(H,23,25). The van der Waals surface area contributed by atoms with E-state index < -0.39 is 12.8 Å². The summed E-state index contributed by atoms with van der Waals surface area (Å²) in [6.07, 6.45) is -1.45. The van der Waals surface area contributed by atoms with Crippen LogP contribution in [-0.4, -0.2) is 71.4 Å². The minimum absolute atomic E-state index is 0.0492. The number of halogens is 3. The molecule has 0 bridgehead atoms. The fourth-order valence-electron chi connectivity index (χ4n) is 3.08. The number of aliphatic imine (C=N–C) groups is 1. The number of nitrogens with one attached hydrogen (secondary N) is 1. The van der Waals surface area contributed by atoms with Crippen molar-refractivity contribution >= 4 is 5.96 Å². The van der Waals surface area contributed by atoms with Crippen LogP contribution in [0.15, 0.2) is 40.2 Å². The number of pyridine rings is 1. The molecule has 0 unspecified atom stereocenters. The van der Waals surface area contributed by atoms with Gasteiger partial charge in [-0.3, -0.25) is 4.90 Å². The van der Waals surface area contributed by atoms with Crippen LogP contribution in [0.4, 0.5) is 13.2 Å². The molecule has 0 aliphatic carbocycles. The summed E-state index contributed by atoms with van der Waals surface area (Å²) in [5.74, 6) is 0.663. The number of ether oxygens (including phenoxy) is 1. The Hall–Kier alpha value is -2.82. The Kier molecular flexibility index (Phi) is 7.50. The van der Waals surface area contributed by atoms with E-state index in [0.717, 1.165) is 38.4 Å². The molecule has 2 aromatic heterocycles. The maximum absolute atomic E-state index is 12.5. The maximum atomic E-state index is 12.5. The van der Waals surface area contributed by atoms with E-state index in [4.69, 9.17) is 9.26 Å². The van der Waals surface area contributed by atoms with Gasteiger partial charge in [0.15, 0.2) is 12.6 Å². The topological polar surface area (TPSA) is 79.0 Å². The van der Waals surface area contributed by atoms with Gasteiger partial charge < -0.3 is 19.5 Å². The molecule has 3 heterocycles. The smallest absolute Gasteiger partial charge is 0.422 e. The number of hydrogen-bond donors (Lipinski definition) is 1. The minimum Gasteiger partial charge on any atom is -0.468 e. The normalized spacial score (nSPS) is 16.0. The molecule has 11 heteroatoms. The molecule has 3 rings (SSSR count). The first kappa shape index (κ1) is 21.9. The Morgan fingerprint density at radius 3 is 2.73 bits per heavy atom. The molecule has 0 saturated carbocycles. The van der Waals surface area contributed by atoms with E-state index in [0.29, 0.717) is 18.1 Å². The summed E-state index contributed by atoms with van der Waals surface area (Å²) in [4.78, 5) is 12.9. The molecular weight excluding hydrogens is 401 g/mol. The predicted molar refractivity (Wildman–Crippen MR) is 104 cm³/mol. The molecule has 164 valence electrons. The molecule has 8 nitrogen and oxygen atoms in total. The van der Waals surface area contributed by atoms with Crippen LogP contribution in [0.5, 0.6) is 5.88 Å². The number of rotatable bonds is 7. The molecule has 0 radical (unpaired) electrons. The van der Waals surface area contributed by atoms with Crippen LogP contribution in [-0.2, 0) is 13.1 Å². The van der Waals surface area contributed by atoms with Crippen molar-refractivity contribution in [1.29, 1.82) is 0 Å². The van der Waals surface area contributed by atoms with Crippen LogP contribution in [0.3, 0.4) is 0 Å². The van der Waals surface area contributed by atoms with Gasteiger partial charge in [-0.1, -0.05) is 11.2 Å². The maximum Gasteiger partial charge on any atom is 0.422 e. The number of alkyl halides is 3. The van der Waals surface area contributed by atoms with Crippen molar-refractivity contribution in [2.24, 2.45) is 4.99 Å². The number of guanidine groups is 1. The molecule has 2 aromatic rings. The third-order valence-corrected chi connectivity index (χ3v) is 4.51. The minimum atomic E-state index is -4.42. The van der Waals surface area contributed by atoms with E-state index in [1.165, 1.54) is 6.20 Å². The van der Waals surface area contributed by atoms with Crippen LogP contribution in [0.2, 0.25) is 0 Å². The van der Waals surface area contributed by atoms with Gasteiger partial charge in [-0.25, -0.2) is 9.98 Å². The van der Waals surface area contributed by atoms with Crippen molar-refractivity contribution in [3.8, 4) is 5.88 Å². The van der Waals surface area contributed by atoms with Gasteiger partial charge in [0.1, 0.15) is 6.26 Å². The van der Waals surface area contributed by atoms with E-state index in [1.54, 1.807) is 18.4 Å². The highest BCUT2D eigenvalue weighted by Crippen LogP contribution is 2.20. The van der Waals surface area contributed by atoms with Crippen molar-refractivity contribution < 1.29 is 22.4 Å². The van der Waals surface area contributed by atoms with Crippen LogP contribution in [0, 0.1) is 0 Å². The zero-order chi connectivity index (χ0) is 21.4. The fraction of sp³-hybridized carbons (Fsp3) is 0.526. The van der Waals surface area contributed by atoms with Crippen molar-refractivity contribution in [3.63, 3.8) is 0 Å². The van der Waals surface area contributed by atoms with Crippen molar-refractivity contribution in [2.45, 2.75) is 26.2 Å². The first-order valence-electron chi connectivity index (χ1n) is 9.73. The van der Waals surface area contributed by atoms with Gasteiger partial charge in [-0.2, -0.15) is 13.2 Å². The van der Waals surface area contributed by atoms with Crippen molar-refractivity contribution in [2.75, 3.05) is 39.3 Å². The molecule has 1 N–H and O–H groups in total. The van der Waals surface area contributed by atoms with Gasteiger partial charge in [0.05, 0.1) is 12.2 Å². The molecule has 1 fully saturated rings. The van der Waals surface area contributed by atoms with Gasteiger partial charge in [0.2, 0.25) is 5.88 Å². The Labute approximate surface area is 172 Å². The number of aromatic nitrogens is 2. The first-order valence-corrected chi connectivity index (χ1v) is 9.73. The van der Waals surface area contributed by atoms with E-state index in [9.17, 15) is 13.2 Å². The van der Waals surface area contributed by atoms with Gasteiger partial charge >= 0.3 is 6.18 Å². The van der Waals surface area contributed by atoms with E-state index in [-0.39, 0.29) is 12.4 Å².